The van der Waals surface area contributed by atoms with Gasteiger partial charge in [-0.05, 0) is 115 Å². The average Bonchev–Trinajstić information content (AvgIpc) is 0.845. The van der Waals surface area contributed by atoms with Gasteiger partial charge in [0.1, 0.15) is 109 Å². The lowest BCUT2D eigenvalue weighted by atomic mass is 9.96. The number of hydrogen-bond donors (Lipinski definition) is 34. The zero-order valence-corrected chi connectivity index (χ0v) is 83.6. The van der Waals surface area contributed by atoms with E-state index in [9.17, 15) is 176 Å². The van der Waals surface area contributed by atoms with E-state index in [1.165, 1.54) is 41.5 Å². The van der Waals surface area contributed by atoms with Gasteiger partial charge in [-0.3, -0.25) is 125 Å². The van der Waals surface area contributed by atoms with E-state index in [-0.39, 0.29) is 64.5 Å². The van der Waals surface area contributed by atoms with Crippen LogP contribution in [0.1, 0.15) is 196 Å². The Bertz CT molecular complexity index is 4840. The molecule has 834 valence electrons. The molecule has 60 heteroatoms. The van der Waals surface area contributed by atoms with Crippen LogP contribution in [0.3, 0.4) is 0 Å². The van der Waals surface area contributed by atoms with Gasteiger partial charge in [-0.25, -0.2) is 4.79 Å². The van der Waals surface area contributed by atoms with Crippen molar-refractivity contribution in [2.45, 2.75) is 318 Å². The Kier molecular flexibility index (Phi) is 59.4. The number of unbranched alkanes of at least 4 members (excludes halogenated alkanes) is 1. The van der Waals surface area contributed by atoms with Crippen LogP contribution in [-0.4, -0.2) is 352 Å². The number of nitrogens with two attached hydrogens (primary N) is 5. The first-order chi connectivity index (χ1) is 69.6. The number of rotatable bonds is 74. The van der Waals surface area contributed by atoms with Crippen LogP contribution >= 0.6 is 0 Å². The molecule has 0 bridgehead atoms. The van der Waals surface area contributed by atoms with Crippen LogP contribution in [0.4, 0.5) is 0 Å². The lowest BCUT2D eigenvalue weighted by molar-refractivity contribution is -0.143. The third-order valence-electron chi connectivity index (χ3n) is 22.9. The number of carboxylic acid groups (broad SMARTS) is 7. The molecule has 1 aromatic carbocycles. The Labute approximate surface area is 853 Å². The number of aliphatic hydroxyl groups excluding tert-OH is 3. The normalized spacial score (nSPS) is 15.5. The van der Waals surface area contributed by atoms with E-state index >= 15 is 0 Å². The molecular formula is C89H142N24O36. The number of carboxylic acids is 7. The quantitative estimate of drug-likeness (QED) is 0.0164. The molecule has 0 saturated heterocycles. The highest BCUT2D eigenvalue weighted by Gasteiger charge is 2.43. The number of benzene rings is 1. The molecule has 0 aliphatic carbocycles. The van der Waals surface area contributed by atoms with Gasteiger partial charge in [0.25, 0.3) is 0 Å². The maximum atomic E-state index is 14.5. The summed E-state index contributed by atoms with van der Waals surface area (Å²) in [5.74, 6) is -39.4. The summed E-state index contributed by atoms with van der Waals surface area (Å²) < 4.78 is 0. The molecule has 1 rings (SSSR count). The number of carbonyl (C=O) groups excluding carboxylic acids is 19. The number of aliphatic hydroxyl groups is 3. The Hall–Kier alpha value is -15.5. The molecule has 149 heavy (non-hydrogen) atoms. The molecule has 0 spiro atoms. The number of guanidine groups is 1. The molecule has 0 aliphatic rings. The van der Waals surface area contributed by atoms with E-state index in [4.69, 9.17) is 34.1 Å². The minimum absolute atomic E-state index is 0.0281. The van der Waals surface area contributed by atoms with Crippen LogP contribution in [0.25, 0.3) is 0 Å². The van der Waals surface area contributed by atoms with Gasteiger partial charge in [0.05, 0.1) is 38.1 Å². The Morgan fingerprint density at radius 3 is 0.973 bits per heavy atom. The number of carbonyl (C=O) groups is 26. The number of nitrogens with one attached hydrogen (secondary N) is 19. The van der Waals surface area contributed by atoms with Crippen molar-refractivity contribution in [2.75, 3.05) is 19.7 Å². The topological polar surface area (TPSA) is 1020 Å². The Morgan fingerprint density at radius 2 is 0.611 bits per heavy atom. The summed E-state index contributed by atoms with van der Waals surface area (Å²) in [4.78, 5) is 349. The van der Waals surface area contributed by atoms with Gasteiger partial charge in [-0.15, -0.1) is 0 Å². The third-order valence-corrected chi connectivity index (χ3v) is 22.9. The van der Waals surface area contributed by atoms with Gasteiger partial charge >= 0.3 is 41.8 Å². The third kappa shape index (κ3) is 50.5. The molecule has 0 aromatic heterocycles. The molecule has 39 N–H and O–H groups in total. The summed E-state index contributed by atoms with van der Waals surface area (Å²) in [5.41, 5.74) is 28.0. The lowest BCUT2D eigenvalue weighted by Crippen LogP contribution is -2.63. The van der Waals surface area contributed by atoms with E-state index in [1.807, 2.05) is 5.32 Å². The summed E-state index contributed by atoms with van der Waals surface area (Å²) in [6.45, 7) is 10.4. The fourth-order valence-corrected chi connectivity index (χ4v) is 13.9. The Morgan fingerprint density at radius 1 is 0.315 bits per heavy atom. The molecule has 22 atom stereocenters. The second-order valence-corrected chi connectivity index (χ2v) is 35.5. The van der Waals surface area contributed by atoms with Crippen molar-refractivity contribution in [1.82, 2.24) is 95.7 Å². The number of aliphatic carboxylic acids is 7. The van der Waals surface area contributed by atoms with E-state index in [0.717, 1.165) is 13.8 Å². The van der Waals surface area contributed by atoms with Crippen LogP contribution in [0.2, 0.25) is 0 Å². The fraction of sp³-hybridized carbons (Fsp3) is 0.629. The van der Waals surface area contributed by atoms with E-state index in [0.29, 0.717) is 5.56 Å². The zero-order chi connectivity index (χ0) is 114. The van der Waals surface area contributed by atoms with E-state index < -0.39 is 389 Å². The van der Waals surface area contributed by atoms with Crippen LogP contribution < -0.4 is 124 Å². The summed E-state index contributed by atoms with van der Waals surface area (Å²) in [6, 6.07) is -26.4. The molecule has 0 aliphatic heterocycles. The smallest absolute Gasteiger partial charge is 0.326 e. The van der Waals surface area contributed by atoms with E-state index in [1.54, 1.807) is 37.3 Å². The van der Waals surface area contributed by atoms with Gasteiger partial charge in [0, 0.05) is 45.1 Å². The fourth-order valence-electron chi connectivity index (χ4n) is 13.9. The largest absolute Gasteiger partial charge is 0.481 e. The zero-order valence-electron chi connectivity index (χ0n) is 83.6. The molecule has 0 unspecified atom stereocenters. The number of amides is 19. The SMILES string of the molecule is CC[C@H](C)[C@H](NC(=O)[C@H](CCC(=O)O)NC(=O)[C@H](CCC(=O)O)NC(=O)[C@@H](NC(=O)[C@H](CCCCN)NC(=O)[C@@H](NC(=O)[C@H](CC(N)=O)NC(=O)[C@@H](N)[C@@H](C)O)[C@@H](C)CC)[C@@H](C)O)C(=O)N[C@@H](CO)C(=O)N[C@@H](CCC(=O)O)C(=O)N[C@H](C(=O)N[C@@H](CC(N)=O)C(=O)N[C@@H](CCC(=O)O)C(=O)N[C@@H](CC(=O)O)C(=O)N[C@@H](C)C(=O)N[C@@H](CCC(=O)O)C(=O)N[C@@H](Cc1ccccc1)C(=O)N[C@@H](CCCNC(=N)N)C(=O)O)C(C)C. The molecule has 1 aromatic rings. The highest BCUT2D eigenvalue weighted by atomic mass is 16.4. The summed E-state index contributed by atoms with van der Waals surface area (Å²) in [5, 5.41) is 148. The van der Waals surface area contributed by atoms with Crippen molar-refractivity contribution in [1.29, 1.82) is 5.41 Å². The van der Waals surface area contributed by atoms with Crippen molar-refractivity contribution in [3.05, 3.63) is 35.9 Å². The second-order valence-electron chi connectivity index (χ2n) is 35.5. The minimum atomic E-state index is -2.27. The van der Waals surface area contributed by atoms with Crippen molar-refractivity contribution in [3.63, 3.8) is 0 Å². The summed E-state index contributed by atoms with van der Waals surface area (Å²) >= 11 is 0. The summed E-state index contributed by atoms with van der Waals surface area (Å²) in [7, 11) is 0. The maximum absolute atomic E-state index is 14.5. The average molecular weight is 2120 g/mol. The Balaban J connectivity index is 3.73. The van der Waals surface area contributed by atoms with Crippen LogP contribution in [0.15, 0.2) is 30.3 Å². The molecule has 0 fully saturated rings. The predicted molar refractivity (Wildman–Crippen MR) is 515 cm³/mol. The number of primary amides is 2. The van der Waals surface area contributed by atoms with Crippen molar-refractivity contribution < 1.29 is 176 Å². The molecular weight excluding hydrogens is 1980 g/mol. The molecule has 0 radical (unpaired) electrons. The first kappa shape index (κ1) is 132. The highest BCUT2D eigenvalue weighted by Crippen LogP contribution is 2.18. The van der Waals surface area contributed by atoms with Gasteiger partial charge in [-0.1, -0.05) is 84.7 Å². The maximum Gasteiger partial charge on any atom is 0.326 e. The minimum Gasteiger partial charge on any atom is -0.481 e. The highest BCUT2D eigenvalue weighted by molar-refractivity contribution is 6.03. The number of hydrogen-bond acceptors (Lipinski definition) is 32. The van der Waals surface area contributed by atoms with Crippen molar-refractivity contribution in [3.8, 4) is 0 Å². The van der Waals surface area contributed by atoms with Gasteiger partial charge in [0.2, 0.25) is 112 Å². The van der Waals surface area contributed by atoms with Gasteiger partial charge in [-0.2, -0.15) is 0 Å². The van der Waals surface area contributed by atoms with Crippen LogP contribution in [0, 0.1) is 23.2 Å². The van der Waals surface area contributed by atoms with Crippen LogP contribution in [-0.2, 0) is 131 Å². The molecule has 19 amide bonds. The van der Waals surface area contributed by atoms with E-state index in [2.05, 4.69) is 90.4 Å². The second kappa shape index (κ2) is 67.3. The standard InChI is InChI=1S/C89H142N24O36/c1-10-40(5)68(112-81(141)55(36-59(92)118)107-83(143)66(93)43(8)115)85(145)102-46(20-15-16-32-90)75(135)113-70(44(9)116)87(147)103-49(24-29-62(123)124)72(132)99-51(26-31-64(127)128)77(137)111-69(41(6)11-2)86(146)109-57(38-114)82(142)101-50(25-30-63(125)126)76(136)110-67(39(3)4)84(144)108-54(35-58(91)117)80(140)100-48(23-28-61(121)122)74(134)106-56(37-65(129)130)78(138)97-42(7)71(131)98-47(22-27-60(119)120)73(133)105-53(34-45-18-13-12-14-19-45)79(139)104-52(88(148)149)21-17-33-96-89(94)95/h12-14,18-19,39-44,46-57,66-70,114-116H,10-11,15-17,20-38,90,93H2,1-9H3,(H2,91,117)(H2,92,118)(H,97,138)(H,98,131)(H,99,132)(H,100,140)(H,101,142)(H,102,145)(H,103,147)(H,104,139)(H,105,133)(H,106,134)(H,107,143)(H,108,144)(H,109,146)(H,110,136)(H,111,137)(H,112,141)(H,113,135)(H,119,120)(H,121,122)(H,123,124)(H,125,126)(H,127,128)(H,129,130)(H,148,149)(H4,94,95,96)/t40-,41-,42-,43+,44+,46-,47-,48-,49-,50-,51-,52-,53-,54-,55-,56-,57-,66-,67-,68-,69-,70-/m0/s1. The lowest BCUT2D eigenvalue weighted by Gasteiger charge is -2.30. The van der Waals surface area contributed by atoms with Crippen LogP contribution in [0.5, 0.6) is 0 Å². The van der Waals surface area contributed by atoms with Gasteiger partial charge < -0.3 is 175 Å². The molecule has 60 nitrogen and oxygen atoms in total. The van der Waals surface area contributed by atoms with Crippen molar-refractivity contribution in [2.24, 2.45) is 46.4 Å². The summed E-state index contributed by atoms with van der Waals surface area (Å²) in [6.07, 6.45) is -15.7. The first-order valence-electron chi connectivity index (χ1n) is 47.5. The first-order valence-corrected chi connectivity index (χ1v) is 47.5. The molecule has 0 saturated carbocycles. The predicted octanol–water partition coefficient (Wildman–Crippen LogP) is -11.7. The monoisotopic (exact) mass is 2120 g/mol. The van der Waals surface area contributed by atoms with Gasteiger partial charge in [0.15, 0.2) is 5.96 Å². The van der Waals surface area contributed by atoms with Crippen molar-refractivity contribution >= 4 is 160 Å². The molecule has 0 heterocycles.